The van der Waals surface area contributed by atoms with Crippen LogP contribution in [-0.2, 0) is 4.74 Å². The highest BCUT2D eigenvalue weighted by atomic mass is 16.5. The highest BCUT2D eigenvalue weighted by molar-refractivity contribution is 6.06. The van der Waals surface area contributed by atoms with E-state index in [4.69, 9.17) is 10.5 Å². The molecule has 0 spiro atoms. The number of H-pyrrole nitrogens is 1. The second kappa shape index (κ2) is 6.04. The van der Waals surface area contributed by atoms with E-state index in [0.717, 1.165) is 24.1 Å². The molecule has 6 heteroatoms. The molecule has 1 aliphatic heterocycles. The molecule has 1 unspecified atom stereocenters. The van der Waals surface area contributed by atoms with Crippen LogP contribution < -0.4 is 5.73 Å². The molecular weight excluding hydrogens is 292 g/mol. The van der Waals surface area contributed by atoms with Crippen LogP contribution in [0, 0.1) is 0 Å². The number of ether oxygens (including phenoxy) is 1. The van der Waals surface area contributed by atoms with Gasteiger partial charge >= 0.3 is 0 Å². The molecule has 0 bridgehead atoms. The first-order chi connectivity index (χ1) is 11.1. The Bertz CT molecular complexity index is 701. The third kappa shape index (κ3) is 2.39. The summed E-state index contributed by atoms with van der Waals surface area (Å²) in [6.07, 6.45) is 11.0. The van der Waals surface area contributed by atoms with Crippen LogP contribution in [0.15, 0.2) is 24.5 Å². The van der Waals surface area contributed by atoms with Crippen molar-refractivity contribution in [2.45, 2.75) is 25.3 Å². The summed E-state index contributed by atoms with van der Waals surface area (Å²) in [5.41, 5.74) is 8.37. The molecule has 0 aromatic carbocycles. The molecule has 3 N–H and O–H groups in total. The minimum absolute atomic E-state index is 0.00657. The highest BCUT2D eigenvalue weighted by Crippen LogP contribution is 2.44. The third-order valence-electron chi connectivity index (χ3n) is 4.56. The van der Waals surface area contributed by atoms with Crippen molar-refractivity contribution in [2.24, 2.45) is 5.73 Å². The molecular formula is C17H22N4O2. The van der Waals surface area contributed by atoms with Crippen molar-refractivity contribution in [1.29, 1.82) is 0 Å². The second-order valence-electron chi connectivity index (χ2n) is 5.98. The fraction of sp³-hybridized carbons (Fsp3) is 0.412. The number of fused-ring (bicyclic) bond motifs is 3. The zero-order valence-electron chi connectivity index (χ0n) is 13.5. The smallest absolute Gasteiger partial charge is 0.259 e. The van der Waals surface area contributed by atoms with Crippen LogP contribution in [-0.4, -0.2) is 46.7 Å². The van der Waals surface area contributed by atoms with Crippen molar-refractivity contribution in [3.8, 4) is 0 Å². The lowest BCUT2D eigenvalue weighted by molar-refractivity contribution is 0.0596. The zero-order valence-corrected chi connectivity index (χ0v) is 13.5. The fourth-order valence-corrected chi connectivity index (χ4v) is 3.32. The minimum atomic E-state index is -0.370. The van der Waals surface area contributed by atoms with Crippen LogP contribution in [0.1, 0.15) is 41.5 Å². The van der Waals surface area contributed by atoms with Crippen LogP contribution in [0.5, 0.6) is 0 Å². The van der Waals surface area contributed by atoms with E-state index in [-0.39, 0.29) is 11.4 Å². The molecule has 23 heavy (non-hydrogen) atoms. The largest absolute Gasteiger partial charge is 0.504 e. The van der Waals surface area contributed by atoms with Crippen molar-refractivity contribution in [2.75, 3.05) is 20.2 Å². The van der Waals surface area contributed by atoms with Gasteiger partial charge in [-0.1, -0.05) is 18.2 Å². The van der Waals surface area contributed by atoms with Crippen LogP contribution in [0.4, 0.5) is 0 Å². The Labute approximate surface area is 135 Å². The van der Waals surface area contributed by atoms with Gasteiger partial charge in [0.25, 0.3) is 5.91 Å². The van der Waals surface area contributed by atoms with E-state index in [0.29, 0.717) is 24.3 Å². The van der Waals surface area contributed by atoms with Gasteiger partial charge in [-0.15, -0.1) is 0 Å². The van der Waals surface area contributed by atoms with Crippen molar-refractivity contribution < 1.29 is 9.53 Å². The van der Waals surface area contributed by atoms with Gasteiger partial charge in [0.05, 0.1) is 30.2 Å². The van der Waals surface area contributed by atoms with Gasteiger partial charge in [0, 0.05) is 12.1 Å². The number of nitrogens with one attached hydrogen (secondary N) is 1. The van der Waals surface area contributed by atoms with Gasteiger partial charge in [-0.05, 0) is 32.4 Å². The monoisotopic (exact) mass is 314 g/mol. The molecule has 1 amide bonds. The van der Waals surface area contributed by atoms with Crippen LogP contribution >= 0.6 is 0 Å². The number of nitrogens with zero attached hydrogens (tertiary/aromatic N) is 2. The molecule has 0 saturated carbocycles. The molecule has 1 aliphatic carbocycles. The van der Waals surface area contributed by atoms with Gasteiger partial charge in [0.1, 0.15) is 5.69 Å². The minimum Gasteiger partial charge on any atom is -0.504 e. The molecule has 0 fully saturated rings. The van der Waals surface area contributed by atoms with Gasteiger partial charge in [-0.25, -0.2) is 0 Å². The molecule has 1 aromatic heterocycles. The molecule has 0 radical (unpaired) electrons. The van der Waals surface area contributed by atoms with E-state index in [1.165, 1.54) is 6.26 Å². The predicted molar refractivity (Wildman–Crippen MR) is 89.5 cm³/mol. The number of carbonyl (C=O) groups excluding carboxylic acids is 1. The molecule has 0 saturated heterocycles. The number of nitrogens with two attached hydrogens (primary N) is 1. The predicted octanol–water partition coefficient (Wildman–Crippen LogP) is 1.93. The standard InChI is InChI=1S/C17H22N4O2/c1-17-8-4-3-6-12(17)15-14(13(19-20-15)7-11-23-2)16(22)21(17)10-5-9-18/h3-4,6-7,11H,5,8-10,18H2,1-2H3,(H,19,20)/b11-7+. The van der Waals surface area contributed by atoms with Crippen molar-refractivity contribution >= 4 is 17.6 Å². The van der Waals surface area contributed by atoms with Gasteiger partial charge < -0.3 is 15.4 Å². The molecule has 2 heterocycles. The molecule has 2 aliphatic rings. The summed E-state index contributed by atoms with van der Waals surface area (Å²) in [6.45, 7) is 3.29. The van der Waals surface area contributed by atoms with Crippen molar-refractivity contribution in [3.63, 3.8) is 0 Å². The van der Waals surface area contributed by atoms with E-state index in [1.807, 2.05) is 11.0 Å². The SMILES string of the molecule is CO/C=C/c1[nH]nc2c1C(=O)N(CCCN)C1(C)CC=CC=C21. The number of carbonyl (C=O) groups is 1. The molecule has 122 valence electrons. The Hall–Kier alpha value is -2.34. The number of aromatic nitrogens is 2. The van der Waals surface area contributed by atoms with Crippen LogP contribution in [0.2, 0.25) is 0 Å². The van der Waals surface area contributed by atoms with E-state index in [1.54, 1.807) is 13.2 Å². The van der Waals surface area contributed by atoms with Gasteiger partial charge in [0.15, 0.2) is 0 Å². The fourth-order valence-electron chi connectivity index (χ4n) is 3.32. The summed E-state index contributed by atoms with van der Waals surface area (Å²) in [7, 11) is 1.57. The first kappa shape index (κ1) is 15.6. The quantitative estimate of drug-likeness (QED) is 0.813. The van der Waals surface area contributed by atoms with Crippen LogP contribution in [0.3, 0.4) is 0 Å². The Balaban J connectivity index is 2.13. The number of allylic oxidation sites excluding steroid dienone is 2. The summed E-state index contributed by atoms with van der Waals surface area (Å²) in [5, 5.41) is 7.35. The topological polar surface area (TPSA) is 84.2 Å². The van der Waals surface area contributed by atoms with Gasteiger partial charge in [0.2, 0.25) is 0 Å². The first-order valence-corrected chi connectivity index (χ1v) is 7.81. The van der Waals surface area contributed by atoms with Gasteiger partial charge in [-0.3, -0.25) is 9.89 Å². The maximum Gasteiger partial charge on any atom is 0.259 e. The number of aromatic amines is 1. The van der Waals surface area contributed by atoms with Crippen molar-refractivity contribution in [3.05, 3.63) is 41.4 Å². The lowest BCUT2D eigenvalue weighted by Crippen LogP contribution is -2.54. The Morgan fingerprint density at radius 1 is 1.57 bits per heavy atom. The first-order valence-electron chi connectivity index (χ1n) is 7.81. The Kier molecular flexibility index (Phi) is 4.09. The molecule has 1 atom stereocenters. The van der Waals surface area contributed by atoms with E-state index < -0.39 is 0 Å². The number of methoxy groups -OCH3 is 1. The zero-order chi connectivity index (χ0) is 16.4. The Morgan fingerprint density at radius 3 is 3.13 bits per heavy atom. The number of hydrogen-bond donors (Lipinski definition) is 2. The summed E-state index contributed by atoms with van der Waals surface area (Å²) in [5.74, 6) is -0.00657. The molecule has 1 aromatic rings. The maximum absolute atomic E-state index is 13.1. The lowest BCUT2D eigenvalue weighted by atomic mass is 9.76. The Morgan fingerprint density at radius 2 is 2.39 bits per heavy atom. The summed E-state index contributed by atoms with van der Waals surface area (Å²) in [4.78, 5) is 15.1. The lowest BCUT2D eigenvalue weighted by Gasteiger charge is -2.46. The van der Waals surface area contributed by atoms with Crippen LogP contribution in [0.25, 0.3) is 11.6 Å². The molecule has 6 nitrogen and oxygen atoms in total. The van der Waals surface area contributed by atoms with Crippen molar-refractivity contribution in [1.82, 2.24) is 15.1 Å². The van der Waals surface area contributed by atoms with E-state index >= 15 is 0 Å². The third-order valence-corrected chi connectivity index (χ3v) is 4.56. The number of amides is 1. The number of hydrogen-bond acceptors (Lipinski definition) is 4. The summed E-state index contributed by atoms with van der Waals surface area (Å²) < 4.78 is 4.96. The summed E-state index contributed by atoms with van der Waals surface area (Å²) >= 11 is 0. The molecule has 3 rings (SSSR count). The maximum atomic E-state index is 13.1. The van der Waals surface area contributed by atoms with Gasteiger partial charge in [-0.2, -0.15) is 5.10 Å². The van der Waals surface area contributed by atoms with E-state index in [9.17, 15) is 4.79 Å². The summed E-state index contributed by atoms with van der Waals surface area (Å²) in [6, 6.07) is 0. The average molecular weight is 314 g/mol. The average Bonchev–Trinajstić information content (AvgIpc) is 2.96. The van der Waals surface area contributed by atoms with E-state index in [2.05, 4.69) is 29.3 Å². The number of rotatable bonds is 5. The normalized spacial score (nSPS) is 23.0. The highest BCUT2D eigenvalue weighted by Gasteiger charge is 2.47. The second-order valence-corrected chi connectivity index (χ2v) is 5.98.